The number of hydrogen-bond acceptors (Lipinski definition) is 2. The Morgan fingerprint density at radius 1 is 1.33 bits per heavy atom. The summed E-state index contributed by atoms with van der Waals surface area (Å²) in [5.41, 5.74) is 0. The Balaban J connectivity index is 2.35. The Morgan fingerprint density at radius 3 is 2.47 bits per heavy atom. The average Bonchev–Trinajstić information content (AvgIpc) is 2.15. The zero-order chi connectivity index (χ0) is 11.5. The molecule has 0 radical (unpaired) electrons. The van der Waals surface area contributed by atoms with Crippen LogP contribution in [0, 0.1) is 5.92 Å². The van der Waals surface area contributed by atoms with Crippen molar-refractivity contribution >= 4 is 8.32 Å². The summed E-state index contributed by atoms with van der Waals surface area (Å²) in [6.45, 7) is 14.9. The molecule has 0 amide bonds. The third kappa shape index (κ3) is 3.89. The molecule has 3 heteroatoms. The van der Waals surface area contributed by atoms with Crippen LogP contribution in [0.2, 0.25) is 18.1 Å². The lowest BCUT2D eigenvalue weighted by atomic mass is 10.0. The first kappa shape index (κ1) is 13.2. The van der Waals surface area contributed by atoms with Crippen LogP contribution in [0.25, 0.3) is 0 Å². The van der Waals surface area contributed by atoms with Crippen molar-refractivity contribution in [3.05, 3.63) is 0 Å². The normalized spacial score (nSPS) is 24.2. The summed E-state index contributed by atoms with van der Waals surface area (Å²) in [5.74, 6) is 0.743. The fourth-order valence-electron chi connectivity index (χ4n) is 1.61. The molecule has 0 spiro atoms. The maximum atomic E-state index is 6.23. The monoisotopic (exact) mass is 229 g/mol. The highest BCUT2D eigenvalue weighted by molar-refractivity contribution is 6.74. The highest BCUT2D eigenvalue weighted by Gasteiger charge is 2.37. The van der Waals surface area contributed by atoms with E-state index in [1.54, 1.807) is 0 Å². The first-order valence-electron chi connectivity index (χ1n) is 6.17. The predicted octanol–water partition coefficient (Wildman–Crippen LogP) is 3.01. The van der Waals surface area contributed by atoms with E-state index in [0.717, 1.165) is 19.1 Å². The van der Waals surface area contributed by atoms with Crippen LogP contribution < -0.4 is 5.32 Å². The van der Waals surface area contributed by atoms with Gasteiger partial charge in [0.2, 0.25) is 0 Å². The maximum absolute atomic E-state index is 6.23. The van der Waals surface area contributed by atoms with E-state index in [9.17, 15) is 0 Å². The summed E-state index contributed by atoms with van der Waals surface area (Å²) >= 11 is 0. The van der Waals surface area contributed by atoms with Crippen LogP contribution in [0.15, 0.2) is 0 Å². The van der Waals surface area contributed by atoms with Gasteiger partial charge in [0.15, 0.2) is 8.32 Å². The first-order chi connectivity index (χ1) is 6.83. The molecular weight excluding hydrogens is 202 g/mol. The minimum absolute atomic E-state index is 0.342. The summed E-state index contributed by atoms with van der Waals surface area (Å²) < 4.78 is 6.23. The standard InChI is InChI=1S/C12H27NOSi/c1-12(2,3)15(4,5)14-10-11-7-6-8-13-9-11/h11,13H,6-10H2,1-5H3/t11-/m1/s1. The smallest absolute Gasteiger partial charge is 0.191 e. The predicted molar refractivity (Wildman–Crippen MR) is 68.7 cm³/mol. The molecule has 1 aliphatic heterocycles. The van der Waals surface area contributed by atoms with Crippen molar-refractivity contribution in [2.45, 2.75) is 51.7 Å². The zero-order valence-electron chi connectivity index (χ0n) is 11.0. The average molecular weight is 229 g/mol. The van der Waals surface area contributed by atoms with Crippen LogP contribution >= 0.6 is 0 Å². The van der Waals surface area contributed by atoms with Gasteiger partial charge in [0.05, 0.1) is 0 Å². The summed E-state index contributed by atoms with van der Waals surface area (Å²) in [4.78, 5) is 0. The molecule has 1 aliphatic rings. The second kappa shape index (κ2) is 4.98. The van der Waals surface area contributed by atoms with Gasteiger partial charge in [0, 0.05) is 13.2 Å². The molecule has 0 saturated carbocycles. The lowest BCUT2D eigenvalue weighted by Gasteiger charge is -2.37. The largest absolute Gasteiger partial charge is 0.417 e. The molecule has 1 N–H and O–H groups in total. The van der Waals surface area contributed by atoms with Gasteiger partial charge in [0.1, 0.15) is 0 Å². The van der Waals surface area contributed by atoms with Gasteiger partial charge in [-0.3, -0.25) is 0 Å². The van der Waals surface area contributed by atoms with Gasteiger partial charge >= 0.3 is 0 Å². The minimum Gasteiger partial charge on any atom is -0.417 e. The van der Waals surface area contributed by atoms with Crippen LogP contribution in [0.5, 0.6) is 0 Å². The van der Waals surface area contributed by atoms with Crippen LogP contribution in [-0.4, -0.2) is 28.0 Å². The molecule has 0 bridgehead atoms. The van der Waals surface area contributed by atoms with Crippen molar-refractivity contribution in [2.75, 3.05) is 19.7 Å². The Hall–Kier alpha value is 0.137. The molecule has 1 fully saturated rings. The van der Waals surface area contributed by atoms with Crippen LogP contribution in [0.3, 0.4) is 0 Å². The van der Waals surface area contributed by atoms with Crippen LogP contribution in [-0.2, 0) is 4.43 Å². The minimum atomic E-state index is -1.52. The van der Waals surface area contributed by atoms with E-state index < -0.39 is 8.32 Å². The Morgan fingerprint density at radius 2 is 2.00 bits per heavy atom. The molecule has 0 aromatic carbocycles. The van der Waals surface area contributed by atoms with E-state index in [0.29, 0.717) is 5.04 Å². The van der Waals surface area contributed by atoms with Gasteiger partial charge in [-0.05, 0) is 43.4 Å². The highest BCUT2D eigenvalue weighted by Crippen LogP contribution is 2.36. The summed E-state index contributed by atoms with van der Waals surface area (Å²) in [7, 11) is -1.52. The van der Waals surface area contributed by atoms with Gasteiger partial charge in [-0.1, -0.05) is 20.8 Å². The molecule has 1 rings (SSSR count). The van der Waals surface area contributed by atoms with Crippen LogP contribution in [0.4, 0.5) is 0 Å². The molecule has 0 aromatic rings. The molecule has 1 saturated heterocycles. The fourth-order valence-corrected chi connectivity index (χ4v) is 2.69. The number of nitrogens with one attached hydrogen (secondary N) is 1. The third-order valence-corrected chi connectivity index (χ3v) is 8.39. The van der Waals surface area contributed by atoms with E-state index >= 15 is 0 Å². The Bertz CT molecular complexity index is 192. The zero-order valence-corrected chi connectivity index (χ0v) is 12.0. The topological polar surface area (TPSA) is 21.3 Å². The Kier molecular flexibility index (Phi) is 4.38. The molecule has 90 valence electrons. The molecule has 15 heavy (non-hydrogen) atoms. The van der Waals surface area contributed by atoms with Crippen molar-refractivity contribution in [2.24, 2.45) is 5.92 Å². The lowest BCUT2D eigenvalue weighted by Crippen LogP contribution is -2.43. The van der Waals surface area contributed by atoms with Gasteiger partial charge in [-0.25, -0.2) is 0 Å². The summed E-state index contributed by atoms with van der Waals surface area (Å²) in [5, 5.41) is 3.79. The van der Waals surface area contributed by atoms with Gasteiger partial charge in [-0.15, -0.1) is 0 Å². The molecule has 1 heterocycles. The molecular formula is C12H27NOSi. The second-order valence-corrected chi connectivity index (χ2v) is 11.1. The van der Waals surface area contributed by atoms with E-state index in [4.69, 9.17) is 4.43 Å². The quantitative estimate of drug-likeness (QED) is 0.751. The summed E-state index contributed by atoms with van der Waals surface area (Å²) in [6, 6.07) is 0. The van der Waals surface area contributed by atoms with Crippen molar-refractivity contribution in [1.82, 2.24) is 5.32 Å². The van der Waals surface area contributed by atoms with E-state index in [1.165, 1.54) is 19.4 Å². The molecule has 0 aliphatic carbocycles. The van der Waals surface area contributed by atoms with E-state index in [-0.39, 0.29) is 0 Å². The maximum Gasteiger partial charge on any atom is 0.191 e. The number of rotatable bonds is 3. The lowest BCUT2D eigenvalue weighted by molar-refractivity contribution is 0.202. The highest BCUT2D eigenvalue weighted by atomic mass is 28.4. The molecule has 1 atom stereocenters. The van der Waals surface area contributed by atoms with Crippen molar-refractivity contribution in [1.29, 1.82) is 0 Å². The van der Waals surface area contributed by atoms with Crippen molar-refractivity contribution in [3.63, 3.8) is 0 Å². The summed E-state index contributed by atoms with van der Waals surface area (Å²) in [6.07, 6.45) is 2.65. The third-order valence-electron chi connectivity index (χ3n) is 3.89. The van der Waals surface area contributed by atoms with Crippen molar-refractivity contribution in [3.8, 4) is 0 Å². The molecule has 2 nitrogen and oxygen atoms in total. The van der Waals surface area contributed by atoms with Gasteiger partial charge < -0.3 is 9.74 Å². The van der Waals surface area contributed by atoms with Crippen LogP contribution in [0.1, 0.15) is 33.6 Å². The van der Waals surface area contributed by atoms with Gasteiger partial charge in [-0.2, -0.15) is 0 Å². The Labute approximate surface area is 95.9 Å². The van der Waals surface area contributed by atoms with Gasteiger partial charge in [0.25, 0.3) is 0 Å². The molecule has 0 aromatic heterocycles. The number of hydrogen-bond donors (Lipinski definition) is 1. The first-order valence-corrected chi connectivity index (χ1v) is 9.08. The fraction of sp³-hybridized carbons (Fsp3) is 1.00. The number of piperidine rings is 1. The van der Waals surface area contributed by atoms with Crippen molar-refractivity contribution < 1.29 is 4.43 Å². The van der Waals surface area contributed by atoms with E-state index in [1.807, 2.05) is 0 Å². The second-order valence-electron chi connectivity index (χ2n) is 6.28. The SMILES string of the molecule is CC(C)(C)[Si](C)(C)OC[C@@H]1CCCNC1. The molecule has 0 unspecified atom stereocenters. The van der Waals surface area contributed by atoms with E-state index in [2.05, 4.69) is 39.2 Å².